The molecule has 0 spiro atoms. The van der Waals surface area contributed by atoms with E-state index >= 15 is 0 Å². The van der Waals surface area contributed by atoms with Gasteiger partial charge >= 0.3 is 25.6 Å². The molecule has 1 aliphatic heterocycles. The smallest absolute Gasteiger partial charge is 0.407 e. The van der Waals surface area contributed by atoms with Crippen molar-refractivity contribution in [1.29, 1.82) is 0 Å². The fourth-order valence-electron chi connectivity index (χ4n) is 4.80. The third kappa shape index (κ3) is 12.8. The summed E-state index contributed by atoms with van der Waals surface area (Å²) in [6, 6.07) is 7.62. The van der Waals surface area contributed by atoms with Gasteiger partial charge in [0, 0.05) is 12.5 Å². The summed E-state index contributed by atoms with van der Waals surface area (Å²) >= 11 is 0. The molecule has 1 heterocycles. The molecule has 3 rings (SSSR count). The van der Waals surface area contributed by atoms with Gasteiger partial charge in [0.25, 0.3) is 0 Å². The lowest BCUT2D eigenvalue weighted by molar-refractivity contribution is -0.165. The zero-order valence-corrected chi connectivity index (χ0v) is 27.4. The number of nitrogens with one attached hydrogen (secondary N) is 4. The van der Waals surface area contributed by atoms with Crippen LogP contribution >= 0.6 is 7.60 Å². The second kappa shape index (κ2) is 18.7. The number of hydrogen-bond acceptors (Lipinski definition) is 10. The average Bonchev–Trinajstić information content (AvgIpc) is 3.74. The number of alkyl carbamates (subject to hydrolysis) is 1. The van der Waals surface area contributed by atoms with Crippen molar-refractivity contribution in [2.75, 3.05) is 13.1 Å². The lowest BCUT2D eigenvalue weighted by Gasteiger charge is -2.27. The molecule has 14 nitrogen and oxygen atoms in total. The number of rotatable bonds is 19. The standard InChI is InChI=1S/C31H47N4O10P/c1-3-4-15-26(46(41,42)45-21(2)29(38)44-30(39)25-14-10-19-32-25)35-28(37)24(34-27(36)23-16-17-23)13-8-9-18-33-31(40)43-20-22-11-6-5-7-12-22/h5-7,11-12,21,23-26,32H,3-4,8-10,13-20H2,1-2H3,(H,33,40)(H,34,36)(H,35,37)(H,41,42)/t21?,24?,25-,26?/m0/s1. The van der Waals surface area contributed by atoms with Gasteiger partial charge in [-0.15, -0.1) is 0 Å². The van der Waals surface area contributed by atoms with Crippen LogP contribution in [0.5, 0.6) is 0 Å². The number of ether oxygens (including phenoxy) is 2. The van der Waals surface area contributed by atoms with Gasteiger partial charge in [0.2, 0.25) is 11.8 Å². The summed E-state index contributed by atoms with van der Waals surface area (Å²) in [4.78, 5) is 73.5. The van der Waals surface area contributed by atoms with Crippen LogP contribution in [0.3, 0.4) is 0 Å². The first-order chi connectivity index (χ1) is 22.0. The second-order valence-electron chi connectivity index (χ2n) is 11.7. The first-order valence-corrected chi connectivity index (χ1v) is 17.7. The summed E-state index contributed by atoms with van der Waals surface area (Å²) in [5.41, 5.74) is 0.856. The van der Waals surface area contributed by atoms with E-state index in [1.54, 1.807) is 0 Å². The Morgan fingerprint density at radius 2 is 1.76 bits per heavy atom. The summed E-state index contributed by atoms with van der Waals surface area (Å²) in [5.74, 6) is -4.37. The van der Waals surface area contributed by atoms with Crippen molar-refractivity contribution in [3.63, 3.8) is 0 Å². The molecule has 256 valence electrons. The van der Waals surface area contributed by atoms with E-state index in [0.29, 0.717) is 38.6 Å². The molecule has 5 N–H and O–H groups in total. The van der Waals surface area contributed by atoms with Crippen molar-refractivity contribution in [3.05, 3.63) is 35.9 Å². The fraction of sp³-hybridized carbons (Fsp3) is 0.645. The Bertz CT molecular complexity index is 1220. The maximum absolute atomic E-state index is 13.4. The van der Waals surface area contributed by atoms with Crippen molar-refractivity contribution < 1.29 is 47.4 Å². The van der Waals surface area contributed by atoms with Gasteiger partial charge in [-0.25, -0.2) is 14.4 Å². The van der Waals surface area contributed by atoms with E-state index in [2.05, 4.69) is 21.3 Å². The minimum absolute atomic E-state index is 0.0705. The molecule has 1 aliphatic carbocycles. The Kier molecular flexibility index (Phi) is 15.1. The normalized spacial score (nSPS) is 19.2. The molecule has 1 saturated carbocycles. The first-order valence-electron chi connectivity index (χ1n) is 16.0. The topological polar surface area (TPSA) is 198 Å². The van der Waals surface area contributed by atoms with E-state index in [9.17, 15) is 33.4 Å². The van der Waals surface area contributed by atoms with Crippen molar-refractivity contribution in [2.24, 2.45) is 5.92 Å². The van der Waals surface area contributed by atoms with E-state index in [-0.39, 0.29) is 37.8 Å². The Morgan fingerprint density at radius 3 is 2.41 bits per heavy atom. The quantitative estimate of drug-likeness (QED) is 0.0630. The molecule has 4 unspecified atom stereocenters. The summed E-state index contributed by atoms with van der Waals surface area (Å²) in [5, 5.41) is 10.9. The molecule has 1 aromatic carbocycles. The summed E-state index contributed by atoms with van der Waals surface area (Å²) < 4.78 is 28.6. The average molecular weight is 667 g/mol. The summed E-state index contributed by atoms with van der Waals surface area (Å²) in [7, 11) is -4.66. The Hall–Kier alpha value is -3.32. The van der Waals surface area contributed by atoms with Crippen LogP contribution in [0.2, 0.25) is 0 Å². The van der Waals surface area contributed by atoms with Crippen LogP contribution in [-0.2, 0) is 44.3 Å². The van der Waals surface area contributed by atoms with Crippen LogP contribution in [0.4, 0.5) is 4.79 Å². The minimum Gasteiger partial charge on any atom is -0.445 e. The number of benzene rings is 1. The maximum Gasteiger partial charge on any atom is 0.407 e. The molecule has 0 radical (unpaired) electrons. The molecule has 46 heavy (non-hydrogen) atoms. The molecule has 0 aromatic heterocycles. The molecule has 1 saturated heterocycles. The van der Waals surface area contributed by atoms with Crippen molar-refractivity contribution in [2.45, 2.75) is 109 Å². The van der Waals surface area contributed by atoms with Crippen molar-refractivity contribution in [3.8, 4) is 0 Å². The molecule has 15 heteroatoms. The van der Waals surface area contributed by atoms with Crippen LogP contribution in [0.15, 0.2) is 30.3 Å². The highest BCUT2D eigenvalue weighted by molar-refractivity contribution is 7.53. The number of hydrogen-bond donors (Lipinski definition) is 5. The Labute approximate surface area is 269 Å². The molecule has 0 bridgehead atoms. The number of carbonyl (C=O) groups excluding carboxylic acids is 5. The van der Waals surface area contributed by atoms with Gasteiger partial charge in [-0.3, -0.25) is 18.7 Å². The van der Waals surface area contributed by atoms with Gasteiger partial charge in [0.1, 0.15) is 24.5 Å². The van der Waals surface area contributed by atoms with E-state index < -0.39 is 55.5 Å². The Balaban J connectivity index is 1.53. The highest BCUT2D eigenvalue weighted by Crippen LogP contribution is 2.49. The zero-order valence-electron chi connectivity index (χ0n) is 26.5. The summed E-state index contributed by atoms with van der Waals surface area (Å²) in [6.45, 7) is 4.10. The van der Waals surface area contributed by atoms with Crippen LogP contribution < -0.4 is 21.3 Å². The summed E-state index contributed by atoms with van der Waals surface area (Å²) in [6.07, 6.45) is 2.92. The highest BCUT2D eigenvalue weighted by Gasteiger charge is 2.40. The largest absolute Gasteiger partial charge is 0.445 e. The molecular formula is C31H47N4O10P. The highest BCUT2D eigenvalue weighted by atomic mass is 31.2. The number of amides is 3. The van der Waals surface area contributed by atoms with Crippen LogP contribution in [-0.4, -0.2) is 71.8 Å². The van der Waals surface area contributed by atoms with Crippen molar-refractivity contribution in [1.82, 2.24) is 21.3 Å². The second-order valence-corrected chi connectivity index (χ2v) is 13.6. The third-order valence-electron chi connectivity index (χ3n) is 7.70. The lowest BCUT2D eigenvalue weighted by Crippen LogP contribution is -2.50. The maximum atomic E-state index is 13.4. The number of carbonyl (C=O) groups is 5. The van der Waals surface area contributed by atoms with Gasteiger partial charge < -0.3 is 35.6 Å². The Morgan fingerprint density at radius 1 is 1.02 bits per heavy atom. The lowest BCUT2D eigenvalue weighted by atomic mass is 10.1. The predicted molar refractivity (Wildman–Crippen MR) is 167 cm³/mol. The molecule has 2 aliphatic rings. The molecule has 1 aromatic rings. The van der Waals surface area contributed by atoms with Crippen molar-refractivity contribution >= 4 is 37.4 Å². The molecule has 5 atom stereocenters. The monoisotopic (exact) mass is 666 g/mol. The van der Waals surface area contributed by atoms with Gasteiger partial charge in [0.05, 0.1) is 0 Å². The van der Waals surface area contributed by atoms with E-state index in [4.69, 9.17) is 14.0 Å². The SMILES string of the molecule is CCCCC(NC(=O)C(CCCCNC(=O)OCc1ccccc1)NC(=O)C1CC1)P(=O)(O)OC(C)C(=O)OC(=O)[C@@H]1CCCN1. The predicted octanol–water partition coefficient (Wildman–Crippen LogP) is 3.02. The zero-order chi connectivity index (χ0) is 33.5. The minimum atomic E-state index is -4.66. The van der Waals surface area contributed by atoms with Crippen LogP contribution in [0.1, 0.15) is 83.6 Å². The van der Waals surface area contributed by atoms with E-state index in [1.807, 2.05) is 37.3 Å². The van der Waals surface area contributed by atoms with E-state index in [0.717, 1.165) is 24.8 Å². The van der Waals surface area contributed by atoms with Gasteiger partial charge in [-0.05, 0) is 70.4 Å². The number of esters is 2. The van der Waals surface area contributed by atoms with Crippen LogP contribution in [0.25, 0.3) is 0 Å². The van der Waals surface area contributed by atoms with E-state index in [1.165, 1.54) is 6.92 Å². The van der Waals surface area contributed by atoms with Crippen LogP contribution in [0, 0.1) is 5.92 Å². The number of unbranched alkanes of at least 4 members (excludes halogenated alkanes) is 2. The first kappa shape index (κ1) is 37.1. The molecule has 3 amide bonds. The third-order valence-corrected chi connectivity index (χ3v) is 9.50. The van der Waals surface area contributed by atoms with Gasteiger partial charge in [0.15, 0.2) is 6.10 Å². The fourth-order valence-corrected chi connectivity index (χ4v) is 6.29. The van der Waals surface area contributed by atoms with Gasteiger partial charge in [-0.2, -0.15) is 0 Å². The van der Waals surface area contributed by atoms with Gasteiger partial charge in [-0.1, -0.05) is 50.1 Å². The molecule has 2 fully saturated rings. The molecular weight excluding hydrogens is 619 g/mol.